The lowest BCUT2D eigenvalue weighted by atomic mass is 10.0. The van der Waals surface area contributed by atoms with Crippen LogP contribution in [0.1, 0.15) is 329 Å². The number of allylic oxidation sites excluding steroid dienone is 11. The van der Waals surface area contributed by atoms with E-state index < -0.39 is 26.6 Å². The zero-order valence-corrected chi connectivity index (χ0v) is 56.3. The fourth-order valence-electron chi connectivity index (χ4n) is 10.1. The number of unbranched alkanes of at least 4 members (excludes halogenated alkanes) is 38. The SMILES string of the molecule is CCCCC/C=C\C/C=C\C/C=C\C/C=C\CCCCCCCCCC(=O)NC(COP(=O)([O-])OCC[N+](C)(C)C)C(/C=C/CCCCCCCCCCC)OC(=O)CCCCCCCCCCCCCCC/C=C/CCCCCCCC. The Morgan fingerprint density at radius 3 is 1.13 bits per heavy atom. The number of phosphoric acid groups is 1. The van der Waals surface area contributed by atoms with E-state index in [4.69, 9.17) is 13.8 Å². The van der Waals surface area contributed by atoms with Gasteiger partial charge in [0.15, 0.2) is 0 Å². The monoisotopic (exact) mass is 1180 g/mol. The Morgan fingerprint density at radius 1 is 0.422 bits per heavy atom. The number of quaternary nitrogens is 1. The number of rotatable bonds is 64. The minimum atomic E-state index is -4.71. The molecule has 0 saturated heterocycles. The van der Waals surface area contributed by atoms with Gasteiger partial charge < -0.3 is 28.5 Å². The summed E-state index contributed by atoms with van der Waals surface area (Å²) in [6, 6.07) is -0.897. The number of carbonyl (C=O) groups excluding carboxylic acids is 2. The van der Waals surface area contributed by atoms with Crippen molar-refractivity contribution in [3.05, 3.63) is 72.9 Å². The van der Waals surface area contributed by atoms with Crippen molar-refractivity contribution in [2.45, 2.75) is 341 Å². The fraction of sp³-hybridized carbons (Fsp3) is 0.808. The number of amides is 1. The van der Waals surface area contributed by atoms with Crippen LogP contribution in [0.25, 0.3) is 0 Å². The molecule has 9 nitrogen and oxygen atoms in total. The Hall–Kier alpha value is -2.55. The summed E-state index contributed by atoms with van der Waals surface area (Å²) in [5, 5.41) is 3.04. The maximum Gasteiger partial charge on any atom is 0.306 e. The second-order valence-electron chi connectivity index (χ2n) is 25.0. The molecule has 0 aliphatic carbocycles. The summed E-state index contributed by atoms with van der Waals surface area (Å²) in [5.41, 5.74) is 0. The quantitative estimate of drug-likeness (QED) is 0.0212. The highest BCUT2D eigenvalue weighted by molar-refractivity contribution is 7.45. The number of carbonyl (C=O) groups is 2. The topological polar surface area (TPSA) is 114 Å². The minimum Gasteiger partial charge on any atom is -0.756 e. The second-order valence-corrected chi connectivity index (χ2v) is 26.4. The predicted molar refractivity (Wildman–Crippen MR) is 358 cm³/mol. The zero-order valence-electron chi connectivity index (χ0n) is 55.4. The molecule has 0 rings (SSSR count). The number of hydrogen-bond acceptors (Lipinski definition) is 7. The molecule has 0 aliphatic rings. The van der Waals surface area contributed by atoms with Gasteiger partial charge in [-0.3, -0.25) is 14.2 Å². The Labute approximate surface area is 514 Å². The predicted octanol–water partition coefficient (Wildman–Crippen LogP) is 21.7. The van der Waals surface area contributed by atoms with Gasteiger partial charge in [0.25, 0.3) is 7.82 Å². The molecule has 0 aromatic heterocycles. The summed E-state index contributed by atoms with van der Waals surface area (Å²) in [7, 11) is 1.18. The van der Waals surface area contributed by atoms with Crippen LogP contribution < -0.4 is 10.2 Å². The first-order chi connectivity index (χ1) is 40.4. The van der Waals surface area contributed by atoms with Crippen LogP contribution in [0.2, 0.25) is 0 Å². The summed E-state index contributed by atoms with van der Waals surface area (Å²) >= 11 is 0. The number of nitrogens with zero attached hydrogens (tertiary/aromatic N) is 1. The van der Waals surface area contributed by atoms with Gasteiger partial charge in [-0.05, 0) is 102 Å². The molecule has 0 aromatic rings. The van der Waals surface area contributed by atoms with Gasteiger partial charge in [-0.1, -0.05) is 287 Å². The number of likely N-dealkylation sites (N-methyl/N-ethyl adjacent to an activating group) is 1. The van der Waals surface area contributed by atoms with Crippen molar-refractivity contribution in [1.82, 2.24) is 5.32 Å². The van der Waals surface area contributed by atoms with Gasteiger partial charge in [0.05, 0.1) is 33.8 Å². The smallest absolute Gasteiger partial charge is 0.306 e. The van der Waals surface area contributed by atoms with Crippen molar-refractivity contribution in [3.8, 4) is 0 Å². The Bertz CT molecular complexity index is 1650. The molecule has 83 heavy (non-hydrogen) atoms. The van der Waals surface area contributed by atoms with Crippen molar-refractivity contribution < 1.29 is 37.3 Å². The number of phosphoric ester groups is 1. The van der Waals surface area contributed by atoms with Crippen LogP contribution in [0.3, 0.4) is 0 Å². The first-order valence-corrected chi connectivity index (χ1v) is 36.7. The van der Waals surface area contributed by atoms with Crippen LogP contribution in [-0.4, -0.2) is 69.4 Å². The van der Waals surface area contributed by atoms with Crippen molar-refractivity contribution >= 4 is 19.7 Å². The molecule has 0 aliphatic heterocycles. The van der Waals surface area contributed by atoms with Crippen molar-refractivity contribution in [2.75, 3.05) is 40.9 Å². The Balaban J connectivity index is 5.07. The summed E-state index contributed by atoms with van der Waals surface area (Å²) in [4.78, 5) is 40.1. The molecule has 0 saturated carbocycles. The fourth-order valence-corrected chi connectivity index (χ4v) is 10.9. The zero-order chi connectivity index (χ0) is 60.7. The first kappa shape index (κ1) is 80.5. The van der Waals surface area contributed by atoms with Crippen molar-refractivity contribution in [3.63, 3.8) is 0 Å². The molecule has 10 heteroatoms. The largest absolute Gasteiger partial charge is 0.756 e. The van der Waals surface area contributed by atoms with Crippen LogP contribution in [0, 0.1) is 0 Å². The summed E-state index contributed by atoms with van der Waals surface area (Å²) in [6.45, 7) is 6.83. The van der Waals surface area contributed by atoms with Crippen LogP contribution >= 0.6 is 7.82 Å². The van der Waals surface area contributed by atoms with E-state index in [2.05, 4.69) is 86.8 Å². The van der Waals surface area contributed by atoms with Crippen LogP contribution in [0.4, 0.5) is 0 Å². The van der Waals surface area contributed by atoms with Crippen molar-refractivity contribution in [2.24, 2.45) is 0 Å². The van der Waals surface area contributed by atoms with Gasteiger partial charge in [0.1, 0.15) is 19.3 Å². The standard InChI is InChI=1S/C73H135N2O7P/c1-7-10-13-16-19-22-25-27-29-31-33-35-37-39-41-43-45-47-50-53-56-59-62-65-72(76)74-70(69-81-83(78,79)80-68-67-75(4,5)6)71(64-61-58-55-52-49-24-21-18-15-12-9-3)82-73(77)66-63-60-57-54-51-48-46-44-42-40-38-36-34-32-30-28-26-23-20-17-14-11-8-2/h19,22,27-30,33,35,39,41,61,64,70-71H,7-18,20-21,23-26,31-32,34,36-38,40,42-60,62-63,65-69H2,1-6H3,(H-,74,76,78,79)/b22-19-,29-27-,30-28+,35-33-,41-39-,64-61+. The molecule has 0 bridgehead atoms. The van der Waals surface area contributed by atoms with Gasteiger partial charge in [-0.15, -0.1) is 0 Å². The lowest BCUT2D eigenvalue weighted by Gasteiger charge is -2.30. The minimum absolute atomic E-state index is 0.0260. The Morgan fingerprint density at radius 2 is 0.735 bits per heavy atom. The third-order valence-corrected chi connectivity index (χ3v) is 16.6. The number of ether oxygens (including phenoxy) is 1. The van der Waals surface area contributed by atoms with E-state index in [1.807, 2.05) is 33.3 Å². The highest BCUT2D eigenvalue weighted by atomic mass is 31.2. The molecule has 0 spiro atoms. The second kappa shape index (κ2) is 62.5. The van der Waals surface area contributed by atoms with Gasteiger partial charge in [-0.25, -0.2) is 0 Å². The molecule has 484 valence electrons. The first-order valence-electron chi connectivity index (χ1n) is 35.2. The van der Waals surface area contributed by atoms with Crippen LogP contribution in [0.5, 0.6) is 0 Å². The third-order valence-electron chi connectivity index (χ3n) is 15.6. The van der Waals surface area contributed by atoms with E-state index in [0.717, 1.165) is 89.9 Å². The molecule has 0 fully saturated rings. The molecule has 1 amide bonds. The molecule has 3 atom stereocenters. The molecule has 0 radical (unpaired) electrons. The van der Waals surface area contributed by atoms with E-state index >= 15 is 0 Å². The summed E-state index contributed by atoms with van der Waals surface area (Å²) in [6.07, 6.45) is 81.6. The molecule has 0 heterocycles. The highest BCUT2D eigenvalue weighted by Gasteiger charge is 2.27. The van der Waals surface area contributed by atoms with E-state index in [-0.39, 0.29) is 24.9 Å². The van der Waals surface area contributed by atoms with Gasteiger partial charge in [-0.2, -0.15) is 0 Å². The van der Waals surface area contributed by atoms with E-state index in [1.165, 1.54) is 205 Å². The summed E-state index contributed by atoms with van der Waals surface area (Å²) in [5.74, 6) is -0.545. The van der Waals surface area contributed by atoms with E-state index in [0.29, 0.717) is 17.4 Å². The van der Waals surface area contributed by atoms with Crippen LogP contribution in [-0.2, 0) is 27.9 Å². The van der Waals surface area contributed by atoms with E-state index in [9.17, 15) is 19.0 Å². The van der Waals surface area contributed by atoms with Gasteiger partial charge in [0, 0.05) is 12.8 Å². The maximum absolute atomic E-state index is 13.6. The average molecular weight is 1180 g/mol. The van der Waals surface area contributed by atoms with Gasteiger partial charge >= 0.3 is 5.97 Å². The molecular formula is C73H135N2O7P. The molecular weight excluding hydrogens is 1050 g/mol. The van der Waals surface area contributed by atoms with Crippen molar-refractivity contribution in [1.29, 1.82) is 0 Å². The van der Waals surface area contributed by atoms with Crippen LogP contribution in [0.15, 0.2) is 72.9 Å². The molecule has 0 aromatic carbocycles. The normalized spacial score (nSPS) is 14.0. The maximum atomic E-state index is 13.6. The van der Waals surface area contributed by atoms with E-state index in [1.54, 1.807) is 0 Å². The highest BCUT2D eigenvalue weighted by Crippen LogP contribution is 2.38. The Kier molecular flexibility index (Phi) is 60.6. The number of esters is 1. The average Bonchev–Trinajstić information content (AvgIpc) is 3.51. The lowest BCUT2D eigenvalue weighted by molar-refractivity contribution is -0.870. The van der Waals surface area contributed by atoms with Gasteiger partial charge in [0.2, 0.25) is 5.91 Å². The lowest BCUT2D eigenvalue weighted by Crippen LogP contribution is -2.47. The third kappa shape index (κ3) is 63.8. The summed E-state index contributed by atoms with van der Waals surface area (Å²) < 4.78 is 30.4. The number of hydrogen-bond donors (Lipinski definition) is 1. The molecule has 3 unspecified atom stereocenters. The molecule has 1 N–H and O–H groups in total. The number of nitrogens with one attached hydrogen (secondary N) is 1.